The Hall–Kier alpha value is -4.92. The molecule has 5 rings (SSSR count). The van der Waals surface area contributed by atoms with Crippen LogP contribution in [0.3, 0.4) is 0 Å². The quantitative estimate of drug-likeness (QED) is 0.249. The fourth-order valence-electron chi connectivity index (χ4n) is 4.67. The van der Waals surface area contributed by atoms with Gasteiger partial charge in [-0.15, -0.1) is 0 Å². The van der Waals surface area contributed by atoms with Gasteiger partial charge in [0.25, 0.3) is 0 Å². The molecule has 3 aromatic carbocycles. The lowest BCUT2D eigenvalue weighted by atomic mass is 10.1. The molecule has 3 aromatic rings. The Morgan fingerprint density at radius 1 is 0.609 bits per heavy atom. The number of amides is 2. The van der Waals surface area contributed by atoms with Gasteiger partial charge in [-0.1, -0.05) is 98.1 Å². The summed E-state index contributed by atoms with van der Waals surface area (Å²) < 4.78 is 21.3. The summed E-state index contributed by atoms with van der Waals surface area (Å²) in [6.07, 6.45) is 9.75. The molecule has 0 aromatic heterocycles. The van der Waals surface area contributed by atoms with E-state index >= 15 is 0 Å². The average Bonchev–Trinajstić information content (AvgIpc) is 3.09. The molecule has 2 aliphatic heterocycles. The molecule has 2 amide bonds. The molecule has 2 aliphatic rings. The van der Waals surface area contributed by atoms with Crippen LogP contribution in [-0.2, 0) is 18.9 Å². The zero-order chi connectivity index (χ0) is 33.3. The molecule has 0 aliphatic carbocycles. The topological polar surface area (TPSA) is 77.5 Å². The monoisotopic (exact) mass is 624 g/mol. The SMILES string of the molecule is C=Cc1ccc(C=C)cc1.CCOC(=O)N1c2ccccc2C=CC1OCC.CCOC(=O)N1c2ccccc2C=CC1OCC. The third kappa shape index (κ3) is 9.54. The van der Waals surface area contributed by atoms with Crippen molar-refractivity contribution in [2.24, 2.45) is 0 Å². The summed E-state index contributed by atoms with van der Waals surface area (Å²) in [5.41, 5.74) is 5.90. The fraction of sp³-hybridized carbons (Fsp3) is 0.263. The van der Waals surface area contributed by atoms with Gasteiger partial charge in [0.15, 0.2) is 12.5 Å². The number of benzene rings is 3. The van der Waals surface area contributed by atoms with Crippen LogP contribution in [0.25, 0.3) is 24.3 Å². The maximum absolute atomic E-state index is 12.0. The van der Waals surface area contributed by atoms with Gasteiger partial charge in [0.2, 0.25) is 0 Å². The van der Waals surface area contributed by atoms with Crippen molar-refractivity contribution in [3.05, 3.63) is 120 Å². The van der Waals surface area contributed by atoms with Gasteiger partial charge in [0, 0.05) is 13.2 Å². The van der Waals surface area contributed by atoms with Crippen LogP contribution >= 0.6 is 0 Å². The van der Waals surface area contributed by atoms with Crippen molar-refractivity contribution in [3.63, 3.8) is 0 Å². The van der Waals surface area contributed by atoms with Crippen molar-refractivity contribution in [1.29, 1.82) is 0 Å². The smallest absolute Gasteiger partial charge is 0.416 e. The third-order valence-corrected chi connectivity index (χ3v) is 6.79. The maximum Gasteiger partial charge on any atom is 0.416 e. The van der Waals surface area contributed by atoms with Crippen molar-refractivity contribution in [2.45, 2.75) is 40.2 Å². The molecule has 0 fully saturated rings. The Balaban J connectivity index is 0.000000196. The number of hydrogen-bond acceptors (Lipinski definition) is 6. The molecule has 2 unspecified atom stereocenters. The van der Waals surface area contributed by atoms with E-state index in [1.54, 1.807) is 23.6 Å². The normalized spacial score (nSPS) is 15.6. The fourth-order valence-corrected chi connectivity index (χ4v) is 4.67. The van der Waals surface area contributed by atoms with E-state index in [-0.39, 0.29) is 12.2 Å². The number of carbonyl (C=O) groups is 2. The van der Waals surface area contributed by atoms with Crippen LogP contribution in [-0.4, -0.2) is 51.1 Å². The average molecular weight is 625 g/mol. The van der Waals surface area contributed by atoms with Crippen LogP contribution in [0.15, 0.2) is 98.1 Å². The van der Waals surface area contributed by atoms with Crippen LogP contribution in [0, 0.1) is 0 Å². The predicted molar refractivity (Wildman–Crippen MR) is 187 cm³/mol. The first kappa shape index (κ1) is 35.6. The molecule has 242 valence electrons. The largest absolute Gasteiger partial charge is 0.449 e. The molecule has 0 N–H and O–H groups in total. The van der Waals surface area contributed by atoms with Crippen LogP contribution < -0.4 is 9.80 Å². The number of hydrogen-bond donors (Lipinski definition) is 0. The van der Waals surface area contributed by atoms with Crippen molar-refractivity contribution in [2.75, 3.05) is 36.2 Å². The van der Waals surface area contributed by atoms with E-state index in [4.69, 9.17) is 18.9 Å². The van der Waals surface area contributed by atoms with E-state index in [0.29, 0.717) is 26.4 Å². The Morgan fingerprint density at radius 2 is 0.978 bits per heavy atom. The highest BCUT2D eigenvalue weighted by Crippen LogP contribution is 2.31. The molecular weight excluding hydrogens is 580 g/mol. The molecule has 0 bridgehead atoms. The van der Waals surface area contributed by atoms with E-state index in [1.807, 2.05) is 123 Å². The number of fused-ring (bicyclic) bond motifs is 2. The first-order valence-corrected chi connectivity index (χ1v) is 15.5. The second-order valence-corrected chi connectivity index (χ2v) is 9.74. The Kier molecular flexibility index (Phi) is 14.5. The minimum atomic E-state index is -0.399. The molecule has 0 saturated carbocycles. The molecule has 0 radical (unpaired) electrons. The summed E-state index contributed by atoms with van der Waals surface area (Å²) in [6, 6.07) is 23.4. The van der Waals surface area contributed by atoms with E-state index in [1.165, 1.54) is 0 Å². The third-order valence-electron chi connectivity index (χ3n) is 6.79. The molecule has 0 saturated heterocycles. The van der Waals surface area contributed by atoms with Gasteiger partial charge in [-0.2, -0.15) is 0 Å². The zero-order valence-corrected chi connectivity index (χ0v) is 27.1. The second kappa shape index (κ2) is 18.8. The van der Waals surface area contributed by atoms with Crippen LogP contribution in [0.1, 0.15) is 49.9 Å². The van der Waals surface area contributed by atoms with Crippen LogP contribution in [0.5, 0.6) is 0 Å². The number of ether oxygens (including phenoxy) is 4. The van der Waals surface area contributed by atoms with Gasteiger partial charge in [0.05, 0.1) is 24.6 Å². The van der Waals surface area contributed by atoms with Gasteiger partial charge in [-0.05, 0) is 74.2 Å². The molecule has 2 atom stereocenters. The van der Waals surface area contributed by atoms with E-state index < -0.39 is 12.5 Å². The lowest BCUT2D eigenvalue weighted by Crippen LogP contribution is -2.43. The summed E-state index contributed by atoms with van der Waals surface area (Å²) in [4.78, 5) is 27.2. The minimum absolute atomic E-state index is 0.347. The van der Waals surface area contributed by atoms with Crippen molar-refractivity contribution < 1.29 is 28.5 Å². The first-order valence-electron chi connectivity index (χ1n) is 15.5. The number of rotatable bonds is 8. The Bertz CT molecular complexity index is 1380. The summed E-state index contributed by atoms with van der Waals surface area (Å²) in [5, 5.41) is 0. The summed E-state index contributed by atoms with van der Waals surface area (Å²) >= 11 is 0. The molecule has 2 heterocycles. The summed E-state index contributed by atoms with van der Waals surface area (Å²) in [5.74, 6) is 0. The molecular formula is C38H44N2O6. The van der Waals surface area contributed by atoms with Crippen molar-refractivity contribution >= 4 is 47.9 Å². The number of anilines is 2. The van der Waals surface area contributed by atoms with E-state index in [2.05, 4.69) is 13.2 Å². The molecule has 0 spiro atoms. The molecule has 8 heteroatoms. The Labute approximate surface area is 272 Å². The van der Waals surface area contributed by atoms with E-state index in [0.717, 1.165) is 33.6 Å². The maximum atomic E-state index is 12.0. The summed E-state index contributed by atoms with van der Waals surface area (Å²) in [7, 11) is 0. The lowest BCUT2D eigenvalue weighted by molar-refractivity contribution is 0.0824. The standard InChI is InChI=1S/2C14H17NO3.C10H10/c2*1-3-17-13-10-9-11-7-5-6-8-12(11)15(13)14(16)18-4-2;1-3-9-5-7-10(4-2)8-6-9/h2*5-10,13H,3-4H2,1-2H3;3-8H,1-2H2. The van der Waals surface area contributed by atoms with Gasteiger partial charge < -0.3 is 18.9 Å². The predicted octanol–water partition coefficient (Wildman–Crippen LogP) is 9.05. The lowest BCUT2D eigenvalue weighted by Gasteiger charge is -2.32. The number of para-hydroxylation sites is 2. The second-order valence-electron chi connectivity index (χ2n) is 9.74. The van der Waals surface area contributed by atoms with Gasteiger partial charge in [0.1, 0.15) is 0 Å². The van der Waals surface area contributed by atoms with Crippen LogP contribution in [0.2, 0.25) is 0 Å². The minimum Gasteiger partial charge on any atom is -0.449 e. The van der Waals surface area contributed by atoms with E-state index in [9.17, 15) is 9.59 Å². The molecule has 46 heavy (non-hydrogen) atoms. The highest BCUT2D eigenvalue weighted by Gasteiger charge is 2.30. The highest BCUT2D eigenvalue weighted by atomic mass is 16.6. The van der Waals surface area contributed by atoms with Gasteiger partial charge in [-0.25, -0.2) is 19.4 Å². The van der Waals surface area contributed by atoms with Crippen LogP contribution in [0.4, 0.5) is 21.0 Å². The Morgan fingerprint density at radius 3 is 1.30 bits per heavy atom. The molecule has 8 nitrogen and oxygen atoms in total. The van der Waals surface area contributed by atoms with Crippen molar-refractivity contribution in [1.82, 2.24) is 0 Å². The summed E-state index contributed by atoms with van der Waals surface area (Å²) in [6.45, 7) is 16.5. The van der Waals surface area contributed by atoms with Crippen molar-refractivity contribution in [3.8, 4) is 0 Å². The first-order chi connectivity index (χ1) is 22.4. The number of carbonyl (C=O) groups excluding carboxylic acids is 2. The van der Waals surface area contributed by atoms with Gasteiger partial charge in [-0.3, -0.25) is 0 Å². The highest BCUT2D eigenvalue weighted by molar-refractivity contribution is 5.94. The number of nitrogens with zero attached hydrogens (tertiary/aromatic N) is 2. The zero-order valence-electron chi connectivity index (χ0n) is 27.1. The van der Waals surface area contributed by atoms with Gasteiger partial charge >= 0.3 is 12.2 Å².